The van der Waals surface area contributed by atoms with Crippen LogP contribution < -0.4 is 5.32 Å². The molecule has 0 radical (unpaired) electrons. The maximum absolute atomic E-state index is 12.5. The molecule has 2 aromatic rings. The lowest BCUT2D eigenvalue weighted by atomic mass is 9.84. The number of amides is 1. The van der Waals surface area contributed by atoms with Crippen LogP contribution in [0.4, 0.5) is 0 Å². The molecule has 1 amide bonds. The number of nitrogens with one attached hydrogen (secondary N) is 1. The lowest BCUT2D eigenvalue weighted by Crippen LogP contribution is -2.40. The summed E-state index contributed by atoms with van der Waals surface area (Å²) in [6, 6.07) is 1.88. The summed E-state index contributed by atoms with van der Waals surface area (Å²) >= 11 is 0. The number of carbonyl (C=O) groups excluding carboxylic acids is 1. The van der Waals surface area contributed by atoms with E-state index < -0.39 is 0 Å². The van der Waals surface area contributed by atoms with Crippen molar-refractivity contribution in [3.8, 4) is 11.3 Å². The first kappa shape index (κ1) is 15.4. The molecule has 6 nitrogen and oxygen atoms in total. The van der Waals surface area contributed by atoms with E-state index >= 15 is 0 Å². The molecule has 2 heterocycles. The normalized spacial score (nSPS) is 26.7. The van der Waals surface area contributed by atoms with E-state index in [2.05, 4.69) is 22.5 Å². The van der Waals surface area contributed by atoms with Crippen molar-refractivity contribution < 1.29 is 9.32 Å². The van der Waals surface area contributed by atoms with Crippen LogP contribution in [0.5, 0.6) is 0 Å². The minimum atomic E-state index is -0.175. The standard InChI is InChI=1S/C18H24N4O2/c1-10(14-7-12-4-5-13(14)6-12)20-18(23)17-8-16(21-24-17)15-9-19-22(3)11(15)2/h8-10,12-14H,4-7H2,1-3H3,(H,20,23)/t10-,12-,13-,14-/m0/s1. The number of carbonyl (C=O) groups is 1. The Hall–Kier alpha value is -2.11. The van der Waals surface area contributed by atoms with Gasteiger partial charge in [0, 0.05) is 30.4 Å². The molecule has 4 rings (SSSR count). The molecule has 6 heteroatoms. The summed E-state index contributed by atoms with van der Waals surface area (Å²) in [5.41, 5.74) is 2.53. The number of aryl methyl sites for hydroxylation is 1. The number of rotatable bonds is 4. The largest absolute Gasteiger partial charge is 0.350 e. The average molecular weight is 328 g/mol. The molecule has 2 aliphatic carbocycles. The lowest BCUT2D eigenvalue weighted by Gasteiger charge is -2.28. The van der Waals surface area contributed by atoms with Crippen molar-refractivity contribution >= 4 is 5.91 Å². The number of hydrogen-bond donors (Lipinski definition) is 1. The molecule has 1 N–H and O–H groups in total. The highest BCUT2D eigenvalue weighted by Gasteiger charge is 2.42. The minimum Gasteiger partial charge on any atom is -0.350 e. The quantitative estimate of drug-likeness (QED) is 0.936. The Kier molecular flexibility index (Phi) is 3.70. The van der Waals surface area contributed by atoms with Crippen molar-refractivity contribution in [2.75, 3.05) is 0 Å². The van der Waals surface area contributed by atoms with Crippen LogP contribution in [0.25, 0.3) is 11.3 Å². The fraction of sp³-hybridized carbons (Fsp3) is 0.611. The van der Waals surface area contributed by atoms with Gasteiger partial charge in [-0.15, -0.1) is 0 Å². The van der Waals surface area contributed by atoms with E-state index in [4.69, 9.17) is 4.52 Å². The highest BCUT2D eigenvalue weighted by atomic mass is 16.5. The average Bonchev–Trinajstić information content (AvgIpc) is 3.32. The fourth-order valence-electron chi connectivity index (χ4n) is 4.55. The van der Waals surface area contributed by atoms with Crippen LogP contribution in [-0.2, 0) is 7.05 Å². The Morgan fingerprint density at radius 1 is 1.42 bits per heavy atom. The third-order valence-electron chi connectivity index (χ3n) is 6.04. The van der Waals surface area contributed by atoms with Crippen LogP contribution in [0, 0.1) is 24.7 Å². The predicted molar refractivity (Wildman–Crippen MR) is 89.3 cm³/mol. The van der Waals surface area contributed by atoms with Crippen LogP contribution >= 0.6 is 0 Å². The zero-order valence-corrected chi connectivity index (χ0v) is 14.5. The van der Waals surface area contributed by atoms with Crippen LogP contribution in [0.1, 0.15) is 48.9 Å². The van der Waals surface area contributed by atoms with E-state index in [-0.39, 0.29) is 17.7 Å². The van der Waals surface area contributed by atoms with E-state index in [9.17, 15) is 4.79 Å². The van der Waals surface area contributed by atoms with E-state index in [1.54, 1.807) is 16.9 Å². The molecule has 0 aliphatic heterocycles. The summed E-state index contributed by atoms with van der Waals surface area (Å²) in [4.78, 5) is 12.5. The number of fused-ring (bicyclic) bond motifs is 2. The van der Waals surface area contributed by atoms with Crippen LogP contribution in [0.2, 0.25) is 0 Å². The van der Waals surface area contributed by atoms with E-state index in [0.717, 1.165) is 23.1 Å². The molecule has 128 valence electrons. The fourth-order valence-corrected chi connectivity index (χ4v) is 4.55. The van der Waals surface area contributed by atoms with Crippen LogP contribution in [0.15, 0.2) is 16.8 Å². The molecule has 0 spiro atoms. The molecule has 2 fully saturated rings. The lowest BCUT2D eigenvalue weighted by molar-refractivity contribution is 0.0878. The van der Waals surface area contributed by atoms with Gasteiger partial charge in [0.15, 0.2) is 0 Å². The van der Waals surface area contributed by atoms with Crippen molar-refractivity contribution in [2.24, 2.45) is 24.8 Å². The summed E-state index contributed by atoms with van der Waals surface area (Å²) in [6.45, 7) is 4.08. The van der Waals surface area contributed by atoms with Gasteiger partial charge < -0.3 is 9.84 Å². The third kappa shape index (κ3) is 2.54. The van der Waals surface area contributed by atoms with Crippen molar-refractivity contribution in [3.05, 3.63) is 23.7 Å². The van der Waals surface area contributed by atoms with Gasteiger partial charge in [-0.25, -0.2) is 0 Å². The van der Waals surface area contributed by atoms with Crippen molar-refractivity contribution in [3.63, 3.8) is 0 Å². The number of aromatic nitrogens is 3. The molecule has 2 saturated carbocycles. The van der Waals surface area contributed by atoms with Gasteiger partial charge in [-0.05, 0) is 50.9 Å². The van der Waals surface area contributed by atoms with Crippen LogP contribution in [0.3, 0.4) is 0 Å². The first-order chi connectivity index (χ1) is 11.5. The first-order valence-electron chi connectivity index (χ1n) is 8.79. The maximum atomic E-state index is 12.5. The van der Waals surface area contributed by atoms with E-state index in [1.807, 2.05) is 14.0 Å². The SMILES string of the molecule is Cc1c(-c2cc(C(=O)N[C@@H](C)[C@@H]3C[C@H]4CC[C@H]3C4)on2)cnn1C. The third-order valence-corrected chi connectivity index (χ3v) is 6.04. The summed E-state index contributed by atoms with van der Waals surface area (Å²) in [6.07, 6.45) is 7.03. The number of nitrogens with zero attached hydrogens (tertiary/aromatic N) is 3. The first-order valence-corrected chi connectivity index (χ1v) is 8.79. The molecule has 0 aromatic carbocycles. The highest BCUT2D eigenvalue weighted by molar-refractivity contribution is 5.92. The molecular formula is C18H24N4O2. The maximum Gasteiger partial charge on any atom is 0.290 e. The molecule has 2 bridgehead atoms. The van der Waals surface area contributed by atoms with Gasteiger partial charge in [0.1, 0.15) is 5.69 Å². The number of hydrogen-bond acceptors (Lipinski definition) is 4. The second-order valence-electron chi connectivity index (χ2n) is 7.44. The molecule has 4 atom stereocenters. The van der Waals surface area contributed by atoms with E-state index in [1.165, 1.54) is 25.7 Å². The van der Waals surface area contributed by atoms with Crippen molar-refractivity contribution in [1.29, 1.82) is 0 Å². The summed E-state index contributed by atoms with van der Waals surface area (Å²) in [5.74, 6) is 2.36. The monoisotopic (exact) mass is 328 g/mol. The zero-order chi connectivity index (χ0) is 16.8. The summed E-state index contributed by atoms with van der Waals surface area (Å²) in [7, 11) is 1.88. The van der Waals surface area contributed by atoms with Crippen molar-refractivity contribution in [1.82, 2.24) is 20.3 Å². The molecular weight excluding hydrogens is 304 g/mol. The van der Waals surface area contributed by atoms with Crippen LogP contribution in [-0.4, -0.2) is 26.9 Å². The summed E-state index contributed by atoms with van der Waals surface area (Å²) < 4.78 is 7.05. The predicted octanol–water partition coefficient (Wildman–Crippen LogP) is 2.94. The van der Waals surface area contributed by atoms with E-state index in [0.29, 0.717) is 11.6 Å². The highest BCUT2D eigenvalue weighted by Crippen LogP contribution is 2.49. The van der Waals surface area contributed by atoms with Gasteiger partial charge in [-0.1, -0.05) is 11.6 Å². The van der Waals surface area contributed by atoms with Gasteiger partial charge in [0.25, 0.3) is 5.91 Å². The Morgan fingerprint density at radius 2 is 2.25 bits per heavy atom. The Bertz CT molecular complexity index is 763. The van der Waals surface area contributed by atoms with Gasteiger partial charge in [0.2, 0.25) is 5.76 Å². The van der Waals surface area contributed by atoms with Crippen molar-refractivity contribution in [2.45, 2.75) is 45.6 Å². The van der Waals surface area contributed by atoms with Gasteiger partial charge in [0.05, 0.1) is 6.20 Å². The Morgan fingerprint density at radius 3 is 2.88 bits per heavy atom. The zero-order valence-electron chi connectivity index (χ0n) is 14.5. The smallest absolute Gasteiger partial charge is 0.290 e. The second-order valence-corrected chi connectivity index (χ2v) is 7.44. The topological polar surface area (TPSA) is 73.0 Å². The molecule has 0 saturated heterocycles. The molecule has 2 aliphatic rings. The van der Waals surface area contributed by atoms with Gasteiger partial charge in [-0.2, -0.15) is 5.10 Å². The molecule has 2 aromatic heterocycles. The Labute approximate surface area is 141 Å². The second kappa shape index (κ2) is 5.76. The van der Waals surface area contributed by atoms with Gasteiger partial charge in [-0.3, -0.25) is 9.48 Å². The molecule has 24 heavy (non-hydrogen) atoms. The molecule has 0 unspecified atom stereocenters. The minimum absolute atomic E-state index is 0.175. The summed E-state index contributed by atoms with van der Waals surface area (Å²) in [5, 5.41) is 11.4. The van der Waals surface area contributed by atoms with Gasteiger partial charge >= 0.3 is 0 Å². The Balaban J connectivity index is 1.44.